The predicted octanol–water partition coefficient (Wildman–Crippen LogP) is 2.90. The summed E-state index contributed by atoms with van der Waals surface area (Å²) < 4.78 is 13.0. The molecule has 0 saturated heterocycles. The molecule has 2 aromatic carbocycles. The number of hydrogen-bond acceptors (Lipinski definition) is 2. The van der Waals surface area contributed by atoms with Gasteiger partial charge in [-0.25, -0.2) is 9.18 Å². The minimum Gasteiger partial charge on any atom is -0.507 e. The normalized spacial score (nSPS) is 10.2. The van der Waals surface area contributed by atoms with Gasteiger partial charge in [-0.1, -0.05) is 12.1 Å². The molecular weight excluding hydrogens is 223 g/mol. The molecular formula is C13H9FO3. The quantitative estimate of drug-likeness (QED) is 0.836. The van der Waals surface area contributed by atoms with Gasteiger partial charge in [-0.05, 0) is 35.9 Å². The molecule has 0 heterocycles. The van der Waals surface area contributed by atoms with E-state index in [1.165, 1.54) is 36.4 Å². The Hall–Kier alpha value is -2.36. The van der Waals surface area contributed by atoms with Gasteiger partial charge in [0.05, 0.1) is 5.56 Å². The number of phenols is 1. The third-order valence-corrected chi connectivity index (χ3v) is 2.40. The van der Waals surface area contributed by atoms with Crippen molar-refractivity contribution >= 4 is 5.97 Å². The number of halogens is 1. The molecule has 0 aromatic heterocycles. The maximum Gasteiger partial charge on any atom is 0.335 e. The number of aromatic hydroxyl groups is 1. The van der Waals surface area contributed by atoms with Crippen LogP contribution in [-0.2, 0) is 0 Å². The monoisotopic (exact) mass is 232 g/mol. The van der Waals surface area contributed by atoms with Crippen molar-refractivity contribution in [1.29, 1.82) is 0 Å². The molecule has 2 rings (SSSR count). The van der Waals surface area contributed by atoms with Gasteiger partial charge < -0.3 is 10.2 Å². The molecule has 0 aliphatic rings. The highest BCUT2D eigenvalue weighted by Crippen LogP contribution is 2.29. The Labute approximate surface area is 96.8 Å². The molecule has 0 fully saturated rings. The second-order valence-corrected chi connectivity index (χ2v) is 3.54. The van der Waals surface area contributed by atoms with Gasteiger partial charge in [0, 0.05) is 5.56 Å². The van der Waals surface area contributed by atoms with E-state index >= 15 is 0 Å². The minimum absolute atomic E-state index is 0.0468. The van der Waals surface area contributed by atoms with Crippen LogP contribution in [0, 0.1) is 5.82 Å². The van der Waals surface area contributed by atoms with Crippen molar-refractivity contribution in [2.75, 3.05) is 0 Å². The number of aromatic carboxylic acids is 1. The summed E-state index contributed by atoms with van der Waals surface area (Å²) in [5, 5.41) is 18.3. The Bertz CT molecular complexity index is 561. The molecule has 2 N–H and O–H groups in total. The van der Waals surface area contributed by atoms with Crippen LogP contribution in [0.3, 0.4) is 0 Å². The van der Waals surface area contributed by atoms with Crippen LogP contribution < -0.4 is 0 Å². The first-order chi connectivity index (χ1) is 8.08. The molecule has 0 radical (unpaired) electrons. The second kappa shape index (κ2) is 4.25. The molecule has 0 aliphatic heterocycles. The van der Waals surface area contributed by atoms with Crippen molar-refractivity contribution in [2.24, 2.45) is 0 Å². The van der Waals surface area contributed by atoms with Crippen molar-refractivity contribution in [3.63, 3.8) is 0 Å². The van der Waals surface area contributed by atoms with E-state index in [-0.39, 0.29) is 11.3 Å². The molecule has 86 valence electrons. The van der Waals surface area contributed by atoms with E-state index in [1.807, 2.05) is 0 Å². The first-order valence-electron chi connectivity index (χ1n) is 4.90. The molecule has 0 saturated carbocycles. The van der Waals surface area contributed by atoms with Crippen LogP contribution in [0.25, 0.3) is 11.1 Å². The highest BCUT2D eigenvalue weighted by Gasteiger charge is 2.07. The average Bonchev–Trinajstić information content (AvgIpc) is 2.32. The molecule has 3 nitrogen and oxygen atoms in total. The van der Waals surface area contributed by atoms with Gasteiger partial charge >= 0.3 is 5.97 Å². The van der Waals surface area contributed by atoms with Crippen molar-refractivity contribution in [1.82, 2.24) is 0 Å². The first kappa shape index (κ1) is 11.1. The van der Waals surface area contributed by atoms with Gasteiger partial charge in [0.1, 0.15) is 11.6 Å². The van der Waals surface area contributed by atoms with Gasteiger partial charge in [0.2, 0.25) is 0 Å². The number of carboxylic acids is 1. The highest BCUT2D eigenvalue weighted by molar-refractivity contribution is 5.88. The molecule has 0 aliphatic carbocycles. The lowest BCUT2D eigenvalue weighted by molar-refractivity contribution is 0.0697. The second-order valence-electron chi connectivity index (χ2n) is 3.54. The minimum atomic E-state index is -1.03. The standard InChI is InChI=1S/C13H9FO3/c14-10-5-6-12(15)11(7-10)8-1-3-9(4-2-8)13(16)17/h1-7,15H,(H,16,17). The number of carboxylic acid groups (broad SMARTS) is 1. The number of hydrogen-bond donors (Lipinski definition) is 2. The van der Waals surface area contributed by atoms with Crippen LogP contribution in [0.2, 0.25) is 0 Å². The molecule has 4 heteroatoms. The smallest absolute Gasteiger partial charge is 0.335 e. The van der Waals surface area contributed by atoms with Crippen molar-refractivity contribution in [3.8, 4) is 16.9 Å². The van der Waals surface area contributed by atoms with E-state index in [1.54, 1.807) is 0 Å². The van der Waals surface area contributed by atoms with Crippen LogP contribution >= 0.6 is 0 Å². The molecule has 0 amide bonds. The van der Waals surface area contributed by atoms with E-state index in [0.29, 0.717) is 11.1 Å². The molecule has 0 spiro atoms. The topological polar surface area (TPSA) is 57.5 Å². The summed E-state index contributed by atoms with van der Waals surface area (Å²) in [6.45, 7) is 0. The number of rotatable bonds is 2. The zero-order valence-corrected chi connectivity index (χ0v) is 8.72. The summed E-state index contributed by atoms with van der Waals surface area (Å²) in [6.07, 6.45) is 0. The lowest BCUT2D eigenvalue weighted by Gasteiger charge is -2.05. The van der Waals surface area contributed by atoms with E-state index in [9.17, 15) is 14.3 Å². The lowest BCUT2D eigenvalue weighted by Crippen LogP contribution is -1.95. The summed E-state index contributed by atoms with van der Waals surface area (Å²) in [6, 6.07) is 9.48. The van der Waals surface area contributed by atoms with Crippen molar-refractivity contribution in [2.45, 2.75) is 0 Å². The third kappa shape index (κ3) is 2.25. The Morgan fingerprint density at radius 1 is 1.06 bits per heavy atom. The van der Waals surface area contributed by atoms with E-state index in [0.717, 1.165) is 6.07 Å². The molecule has 0 bridgehead atoms. The fourth-order valence-corrected chi connectivity index (χ4v) is 1.53. The van der Waals surface area contributed by atoms with Crippen LogP contribution in [0.4, 0.5) is 4.39 Å². The average molecular weight is 232 g/mol. The first-order valence-corrected chi connectivity index (χ1v) is 4.90. The largest absolute Gasteiger partial charge is 0.507 e. The summed E-state index contributed by atoms with van der Waals surface area (Å²) in [5.74, 6) is -1.53. The Balaban J connectivity index is 2.46. The molecule has 2 aromatic rings. The Morgan fingerprint density at radius 3 is 2.29 bits per heavy atom. The molecule has 0 atom stereocenters. The van der Waals surface area contributed by atoms with Gasteiger partial charge in [0.25, 0.3) is 0 Å². The van der Waals surface area contributed by atoms with Crippen LogP contribution in [-0.4, -0.2) is 16.2 Å². The van der Waals surface area contributed by atoms with Crippen LogP contribution in [0.1, 0.15) is 10.4 Å². The lowest BCUT2D eigenvalue weighted by atomic mass is 10.0. The summed E-state index contributed by atoms with van der Waals surface area (Å²) in [5.41, 5.74) is 1.04. The summed E-state index contributed by atoms with van der Waals surface area (Å²) in [4.78, 5) is 10.7. The predicted molar refractivity (Wildman–Crippen MR) is 60.5 cm³/mol. The third-order valence-electron chi connectivity index (χ3n) is 2.40. The molecule has 0 unspecified atom stereocenters. The van der Waals surface area contributed by atoms with Crippen LogP contribution in [0.5, 0.6) is 5.75 Å². The summed E-state index contributed by atoms with van der Waals surface area (Å²) in [7, 11) is 0. The van der Waals surface area contributed by atoms with Crippen molar-refractivity contribution < 1.29 is 19.4 Å². The van der Waals surface area contributed by atoms with Gasteiger partial charge in [-0.15, -0.1) is 0 Å². The van der Waals surface area contributed by atoms with Crippen LogP contribution in [0.15, 0.2) is 42.5 Å². The van der Waals surface area contributed by atoms with Gasteiger partial charge in [-0.2, -0.15) is 0 Å². The van der Waals surface area contributed by atoms with E-state index < -0.39 is 11.8 Å². The van der Waals surface area contributed by atoms with Gasteiger partial charge in [-0.3, -0.25) is 0 Å². The fourth-order valence-electron chi connectivity index (χ4n) is 1.53. The van der Waals surface area contributed by atoms with E-state index in [4.69, 9.17) is 5.11 Å². The molecule has 17 heavy (non-hydrogen) atoms. The zero-order valence-electron chi connectivity index (χ0n) is 8.72. The Kier molecular flexibility index (Phi) is 2.78. The fraction of sp³-hybridized carbons (Fsp3) is 0. The zero-order chi connectivity index (χ0) is 12.4. The maximum atomic E-state index is 13.0. The maximum absolute atomic E-state index is 13.0. The number of phenolic OH excluding ortho intramolecular Hbond substituents is 1. The van der Waals surface area contributed by atoms with Gasteiger partial charge in [0.15, 0.2) is 0 Å². The van der Waals surface area contributed by atoms with E-state index in [2.05, 4.69) is 0 Å². The number of benzene rings is 2. The summed E-state index contributed by atoms with van der Waals surface area (Å²) >= 11 is 0. The highest BCUT2D eigenvalue weighted by atomic mass is 19.1. The number of carbonyl (C=O) groups is 1. The van der Waals surface area contributed by atoms with Crippen molar-refractivity contribution in [3.05, 3.63) is 53.8 Å². The SMILES string of the molecule is O=C(O)c1ccc(-c2cc(F)ccc2O)cc1. The Morgan fingerprint density at radius 2 is 1.71 bits per heavy atom.